The van der Waals surface area contributed by atoms with Gasteiger partial charge in [0.05, 0.1) is 0 Å². The van der Waals surface area contributed by atoms with E-state index in [9.17, 15) is 9.59 Å². The standard InChI is InChI=1S/C17H21BrN2O2/c1-12-5-6-14(18)11-15(12)17(22)20-9-7-19(8-10-20)16(21)13-3-2-4-13/h5-6,11,13H,2-4,7-10H2,1H3. The average Bonchev–Trinajstić information content (AvgIpc) is 2.47. The van der Waals surface area contributed by atoms with Gasteiger partial charge in [0.2, 0.25) is 5.91 Å². The first-order valence-corrected chi connectivity index (χ1v) is 8.70. The summed E-state index contributed by atoms with van der Waals surface area (Å²) in [6.07, 6.45) is 3.25. The molecule has 1 aromatic carbocycles. The minimum Gasteiger partial charge on any atom is -0.339 e. The SMILES string of the molecule is Cc1ccc(Br)cc1C(=O)N1CCN(C(=O)C2CCC2)CC1. The van der Waals surface area contributed by atoms with Crippen molar-refractivity contribution in [3.8, 4) is 0 Å². The zero-order valence-electron chi connectivity index (χ0n) is 12.8. The number of carbonyl (C=O) groups is 2. The Labute approximate surface area is 139 Å². The van der Waals surface area contributed by atoms with Crippen molar-refractivity contribution in [3.63, 3.8) is 0 Å². The maximum atomic E-state index is 12.7. The molecule has 0 atom stereocenters. The van der Waals surface area contributed by atoms with Gasteiger partial charge in [0.1, 0.15) is 0 Å². The van der Waals surface area contributed by atoms with Crippen molar-refractivity contribution < 1.29 is 9.59 Å². The monoisotopic (exact) mass is 364 g/mol. The van der Waals surface area contributed by atoms with Crippen molar-refractivity contribution in [3.05, 3.63) is 33.8 Å². The molecule has 1 saturated heterocycles. The van der Waals surface area contributed by atoms with Crippen LogP contribution >= 0.6 is 15.9 Å². The lowest BCUT2D eigenvalue weighted by Gasteiger charge is -2.38. The molecule has 1 saturated carbocycles. The van der Waals surface area contributed by atoms with E-state index in [4.69, 9.17) is 0 Å². The molecule has 22 heavy (non-hydrogen) atoms. The number of carbonyl (C=O) groups excluding carboxylic acids is 2. The predicted octanol–water partition coefficient (Wildman–Crippen LogP) is 2.84. The Bertz CT molecular complexity index is 590. The van der Waals surface area contributed by atoms with Gasteiger partial charge in [-0.05, 0) is 37.5 Å². The van der Waals surface area contributed by atoms with E-state index in [1.807, 2.05) is 34.9 Å². The molecule has 1 aliphatic carbocycles. The second kappa shape index (κ2) is 6.41. The zero-order valence-corrected chi connectivity index (χ0v) is 14.4. The molecule has 1 aliphatic heterocycles. The van der Waals surface area contributed by atoms with Crippen molar-refractivity contribution >= 4 is 27.7 Å². The van der Waals surface area contributed by atoms with Crippen LogP contribution in [0.4, 0.5) is 0 Å². The van der Waals surface area contributed by atoms with Crippen molar-refractivity contribution in [1.82, 2.24) is 9.80 Å². The van der Waals surface area contributed by atoms with E-state index >= 15 is 0 Å². The number of aryl methyl sites for hydroxylation is 1. The van der Waals surface area contributed by atoms with E-state index in [0.717, 1.165) is 28.4 Å². The number of amides is 2. The van der Waals surface area contributed by atoms with Crippen LogP contribution in [-0.2, 0) is 4.79 Å². The Balaban J connectivity index is 1.62. The summed E-state index contributed by atoms with van der Waals surface area (Å²) in [4.78, 5) is 28.7. The van der Waals surface area contributed by atoms with Gasteiger partial charge in [-0.25, -0.2) is 0 Å². The van der Waals surface area contributed by atoms with Gasteiger partial charge in [0, 0.05) is 42.1 Å². The molecular weight excluding hydrogens is 344 g/mol. The summed E-state index contributed by atoms with van der Waals surface area (Å²) >= 11 is 3.42. The van der Waals surface area contributed by atoms with E-state index in [-0.39, 0.29) is 17.7 Å². The molecule has 0 spiro atoms. The quantitative estimate of drug-likeness (QED) is 0.809. The highest BCUT2D eigenvalue weighted by molar-refractivity contribution is 9.10. The molecule has 2 amide bonds. The van der Waals surface area contributed by atoms with Crippen LogP contribution in [0.2, 0.25) is 0 Å². The molecule has 5 heteroatoms. The summed E-state index contributed by atoms with van der Waals surface area (Å²) in [5, 5.41) is 0. The molecule has 0 radical (unpaired) electrons. The molecule has 2 fully saturated rings. The van der Waals surface area contributed by atoms with Crippen LogP contribution in [0, 0.1) is 12.8 Å². The fourth-order valence-corrected chi connectivity index (χ4v) is 3.40. The van der Waals surface area contributed by atoms with Crippen LogP contribution in [0.1, 0.15) is 35.2 Å². The molecule has 118 valence electrons. The van der Waals surface area contributed by atoms with E-state index < -0.39 is 0 Å². The van der Waals surface area contributed by atoms with Crippen molar-refractivity contribution in [2.45, 2.75) is 26.2 Å². The predicted molar refractivity (Wildman–Crippen MR) is 88.7 cm³/mol. The maximum absolute atomic E-state index is 12.7. The third kappa shape index (κ3) is 3.05. The van der Waals surface area contributed by atoms with Gasteiger partial charge in [0.15, 0.2) is 0 Å². The Morgan fingerprint density at radius 1 is 1.09 bits per heavy atom. The highest BCUT2D eigenvalue weighted by atomic mass is 79.9. The number of hydrogen-bond donors (Lipinski definition) is 0. The Kier molecular flexibility index (Phi) is 4.52. The summed E-state index contributed by atoms with van der Waals surface area (Å²) in [5.41, 5.74) is 1.73. The fourth-order valence-electron chi connectivity index (χ4n) is 3.04. The number of hydrogen-bond acceptors (Lipinski definition) is 2. The average molecular weight is 365 g/mol. The summed E-state index contributed by atoms with van der Waals surface area (Å²) < 4.78 is 0.917. The van der Waals surface area contributed by atoms with E-state index in [1.54, 1.807) is 0 Å². The molecule has 1 heterocycles. The first kappa shape index (κ1) is 15.5. The zero-order chi connectivity index (χ0) is 15.7. The number of piperazine rings is 1. The largest absolute Gasteiger partial charge is 0.339 e. The molecule has 0 unspecified atom stereocenters. The third-order valence-electron chi connectivity index (χ3n) is 4.76. The van der Waals surface area contributed by atoms with Crippen LogP contribution < -0.4 is 0 Å². The van der Waals surface area contributed by atoms with Crippen molar-refractivity contribution in [2.75, 3.05) is 26.2 Å². The van der Waals surface area contributed by atoms with Crippen LogP contribution in [-0.4, -0.2) is 47.8 Å². The smallest absolute Gasteiger partial charge is 0.254 e. The summed E-state index contributed by atoms with van der Waals surface area (Å²) in [5.74, 6) is 0.598. The van der Waals surface area contributed by atoms with Gasteiger partial charge in [-0.1, -0.05) is 28.4 Å². The van der Waals surface area contributed by atoms with Crippen molar-refractivity contribution in [2.24, 2.45) is 5.92 Å². The van der Waals surface area contributed by atoms with Crippen molar-refractivity contribution in [1.29, 1.82) is 0 Å². The van der Waals surface area contributed by atoms with Gasteiger partial charge < -0.3 is 9.80 Å². The lowest BCUT2D eigenvalue weighted by Crippen LogP contribution is -2.52. The third-order valence-corrected chi connectivity index (χ3v) is 5.26. The van der Waals surface area contributed by atoms with E-state index in [2.05, 4.69) is 15.9 Å². The van der Waals surface area contributed by atoms with E-state index in [0.29, 0.717) is 26.2 Å². The molecule has 1 aromatic rings. The highest BCUT2D eigenvalue weighted by Gasteiger charge is 2.32. The van der Waals surface area contributed by atoms with Gasteiger partial charge >= 0.3 is 0 Å². The fraction of sp³-hybridized carbons (Fsp3) is 0.529. The summed E-state index contributed by atoms with van der Waals surface area (Å²) in [6.45, 7) is 4.53. The minimum atomic E-state index is 0.0644. The molecule has 2 aliphatic rings. The van der Waals surface area contributed by atoms with Gasteiger partial charge in [-0.2, -0.15) is 0 Å². The molecule has 4 nitrogen and oxygen atoms in total. The normalized spacial score (nSPS) is 19.0. The first-order chi connectivity index (χ1) is 10.6. The van der Waals surface area contributed by atoms with Gasteiger partial charge in [0.25, 0.3) is 5.91 Å². The first-order valence-electron chi connectivity index (χ1n) is 7.90. The Morgan fingerprint density at radius 2 is 1.73 bits per heavy atom. The lowest BCUT2D eigenvalue weighted by molar-refractivity contribution is -0.139. The number of rotatable bonds is 2. The van der Waals surface area contributed by atoms with Crippen LogP contribution in [0.3, 0.4) is 0 Å². The van der Waals surface area contributed by atoms with Crippen LogP contribution in [0.5, 0.6) is 0 Å². The Morgan fingerprint density at radius 3 is 2.32 bits per heavy atom. The van der Waals surface area contributed by atoms with Crippen LogP contribution in [0.15, 0.2) is 22.7 Å². The Hall–Kier alpha value is -1.36. The number of halogens is 1. The number of benzene rings is 1. The maximum Gasteiger partial charge on any atom is 0.254 e. The molecule has 3 rings (SSSR count). The highest BCUT2D eigenvalue weighted by Crippen LogP contribution is 2.28. The molecule has 0 bridgehead atoms. The van der Waals surface area contributed by atoms with Gasteiger partial charge in [-0.3, -0.25) is 9.59 Å². The minimum absolute atomic E-state index is 0.0644. The molecule has 0 N–H and O–H groups in total. The topological polar surface area (TPSA) is 40.6 Å². The van der Waals surface area contributed by atoms with Gasteiger partial charge in [-0.15, -0.1) is 0 Å². The second-order valence-electron chi connectivity index (χ2n) is 6.20. The summed E-state index contributed by atoms with van der Waals surface area (Å²) in [6, 6.07) is 5.78. The lowest BCUT2D eigenvalue weighted by atomic mass is 9.84. The number of nitrogens with zero attached hydrogens (tertiary/aromatic N) is 2. The second-order valence-corrected chi connectivity index (χ2v) is 7.12. The summed E-state index contributed by atoms with van der Waals surface area (Å²) in [7, 11) is 0. The van der Waals surface area contributed by atoms with E-state index in [1.165, 1.54) is 6.42 Å². The van der Waals surface area contributed by atoms with Crippen LogP contribution in [0.25, 0.3) is 0 Å². The molecular formula is C17H21BrN2O2. The molecule has 0 aromatic heterocycles.